The van der Waals surface area contributed by atoms with Gasteiger partial charge >= 0.3 is 0 Å². The highest BCUT2D eigenvalue weighted by molar-refractivity contribution is 5.92. The van der Waals surface area contributed by atoms with E-state index in [0.29, 0.717) is 13.0 Å². The SMILES string of the molecule is CC(C)(O)Cc1c[nH]c2ncnc(N[C@@H]3CCCN(C(=O)/C=C/c4ccccc4)C3)c12. The van der Waals surface area contributed by atoms with Crippen LogP contribution in [0.2, 0.25) is 0 Å². The number of rotatable bonds is 6. The zero-order valence-corrected chi connectivity index (χ0v) is 18.0. The van der Waals surface area contributed by atoms with E-state index in [1.54, 1.807) is 19.9 Å². The van der Waals surface area contributed by atoms with Crippen LogP contribution in [-0.2, 0) is 11.2 Å². The molecule has 0 aliphatic carbocycles. The van der Waals surface area contributed by atoms with E-state index in [1.807, 2.05) is 47.5 Å². The average Bonchev–Trinajstić information content (AvgIpc) is 3.15. The Labute approximate surface area is 182 Å². The molecule has 7 heteroatoms. The molecule has 1 aliphatic rings. The van der Waals surface area contributed by atoms with E-state index in [4.69, 9.17) is 0 Å². The van der Waals surface area contributed by atoms with Crippen LogP contribution in [0.5, 0.6) is 0 Å². The van der Waals surface area contributed by atoms with Crippen molar-refractivity contribution < 1.29 is 9.90 Å². The lowest BCUT2D eigenvalue weighted by Gasteiger charge is -2.33. The number of hydrogen-bond donors (Lipinski definition) is 3. The first-order valence-corrected chi connectivity index (χ1v) is 10.7. The number of anilines is 1. The number of fused-ring (bicyclic) bond motifs is 1. The van der Waals surface area contributed by atoms with Crippen LogP contribution in [0.4, 0.5) is 5.82 Å². The van der Waals surface area contributed by atoms with E-state index in [2.05, 4.69) is 20.3 Å². The lowest BCUT2D eigenvalue weighted by Crippen LogP contribution is -2.44. The Morgan fingerprint density at radius 2 is 2.13 bits per heavy atom. The summed E-state index contributed by atoms with van der Waals surface area (Å²) >= 11 is 0. The van der Waals surface area contributed by atoms with Gasteiger partial charge in [0.25, 0.3) is 0 Å². The second-order valence-corrected chi connectivity index (χ2v) is 8.76. The minimum atomic E-state index is -0.832. The zero-order valence-electron chi connectivity index (χ0n) is 18.0. The molecule has 7 nitrogen and oxygen atoms in total. The fraction of sp³-hybridized carbons (Fsp3) is 0.375. The van der Waals surface area contributed by atoms with Gasteiger partial charge in [-0.05, 0) is 43.9 Å². The highest BCUT2D eigenvalue weighted by Crippen LogP contribution is 2.28. The third-order valence-electron chi connectivity index (χ3n) is 5.47. The van der Waals surface area contributed by atoms with Crippen molar-refractivity contribution in [3.63, 3.8) is 0 Å². The number of aromatic amines is 1. The number of H-pyrrole nitrogens is 1. The lowest BCUT2D eigenvalue weighted by molar-refractivity contribution is -0.126. The van der Waals surface area contributed by atoms with Crippen molar-refractivity contribution in [1.82, 2.24) is 19.9 Å². The summed E-state index contributed by atoms with van der Waals surface area (Å²) in [7, 11) is 0. The molecule has 31 heavy (non-hydrogen) atoms. The summed E-state index contributed by atoms with van der Waals surface area (Å²) in [6.45, 7) is 4.95. The average molecular weight is 420 g/mol. The monoisotopic (exact) mass is 419 g/mol. The summed E-state index contributed by atoms with van der Waals surface area (Å²) in [4.78, 5) is 26.5. The molecular weight excluding hydrogens is 390 g/mol. The van der Waals surface area contributed by atoms with Crippen molar-refractivity contribution in [2.75, 3.05) is 18.4 Å². The van der Waals surface area contributed by atoms with Crippen LogP contribution in [0.3, 0.4) is 0 Å². The predicted octanol–water partition coefficient (Wildman–Crippen LogP) is 3.39. The topological polar surface area (TPSA) is 94.1 Å². The number of carbonyl (C=O) groups excluding carboxylic acids is 1. The predicted molar refractivity (Wildman–Crippen MR) is 123 cm³/mol. The number of hydrogen-bond acceptors (Lipinski definition) is 5. The number of nitrogens with zero attached hydrogens (tertiary/aromatic N) is 3. The summed E-state index contributed by atoms with van der Waals surface area (Å²) in [5, 5.41) is 14.7. The Morgan fingerprint density at radius 3 is 2.90 bits per heavy atom. The highest BCUT2D eigenvalue weighted by Gasteiger charge is 2.25. The molecule has 1 atom stereocenters. The van der Waals surface area contributed by atoms with Crippen molar-refractivity contribution in [1.29, 1.82) is 0 Å². The van der Waals surface area contributed by atoms with Gasteiger partial charge in [-0.2, -0.15) is 0 Å². The smallest absolute Gasteiger partial charge is 0.246 e. The van der Waals surface area contributed by atoms with Gasteiger partial charge in [0, 0.05) is 37.8 Å². The molecule has 0 unspecified atom stereocenters. The van der Waals surface area contributed by atoms with E-state index in [0.717, 1.165) is 47.4 Å². The number of carbonyl (C=O) groups is 1. The van der Waals surface area contributed by atoms with Gasteiger partial charge in [0.2, 0.25) is 5.91 Å². The van der Waals surface area contributed by atoms with Crippen LogP contribution in [0, 0.1) is 0 Å². The standard InChI is InChI=1S/C24H29N5O2/c1-24(2,31)13-18-14-25-22-21(18)23(27-16-26-22)28-19-9-6-12-29(15-19)20(30)11-10-17-7-4-3-5-8-17/h3-5,7-8,10-11,14,16,19,31H,6,9,12-13,15H2,1-2H3,(H2,25,26,27,28)/b11-10+/t19-/m1/s1. The molecule has 0 radical (unpaired) electrons. The summed E-state index contributed by atoms with van der Waals surface area (Å²) in [6, 6.07) is 9.94. The summed E-state index contributed by atoms with van der Waals surface area (Å²) in [5.74, 6) is 0.761. The molecular formula is C24H29N5O2. The van der Waals surface area contributed by atoms with Crippen molar-refractivity contribution in [3.8, 4) is 0 Å². The zero-order chi connectivity index (χ0) is 21.8. The van der Waals surface area contributed by atoms with E-state index >= 15 is 0 Å². The van der Waals surface area contributed by atoms with E-state index in [1.165, 1.54) is 6.33 Å². The lowest BCUT2D eigenvalue weighted by atomic mass is 9.98. The van der Waals surface area contributed by atoms with Gasteiger partial charge in [-0.15, -0.1) is 0 Å². The minimum absolute atomic E-state index is 0.0209. The third-order valence-corrected chi connectivity index (χ3v) is 5.47. The fourth-order valence-corrected chi connectivity index (χ4v) is 4.07. The highest BCUT2D eigenvalue weighted by atomic mass is 16.3. The van der Waals surface area contributed by atoms with Crippen molar-refractivity contribution in [3.05, 3.63) is 60.1 Å². The normalized spacial score (nSPS) is 17.4. The maximum atomic E-state index is 12.7. The Balaban J connectivity index is 1.47. The molecule has 1 amide bonds. The molecule has 3 heterocycles. The number of aliphatic hydroxyl groups is 1. The van der Waals surface area contributed by atoms with Crippen LogP contribution in [-0.4, -0.2) is 55.6 Å². The Kier molecular flexibility index (Phi) is 6.04. The second-order valence-electron chi connectivity index (χ2n) is 8.76. The summed E-state index contributed by atoms with van der Waals surface area (Å²) < 4.78 is 0. The van der Waals surface area contributed by atoms with Gasteiger partial charge < -0.3 is 20.3 Å². The number of nitrogens with one attached hydrogen (secondary N) is 2. The maximum Gasteiger partial charge on any atom is 0.246 e. The first kappa shape index (κ1) is 21.1. The number of likely N-dealkylation sites (tertiary alicyclic amines) is 1. The number of aromatic nitrogens is 3. The van der Waals surface area contributed by atoms with Crippen LogP contribution >= 0.6 is 0 Å². The number of benzene rings is 1. The largest absolute Gasteiger partial charge is 0.390 e. The number of amides is 1. The first-order chi connectivity index (χ1) is 14.9. The van der Waals surface area contributed by atoms with Crippen LogP contribution in [0.1, 0.15) is 37.8 Å². The molecule has 2 aromatic heterocycles. The van der Waals surface area contributed by atoms with E-state index < -0.39 is 5.60 Å². The van der Waals surface area contributed by atoms with Crippen molar-refractivity contribution in [2.45, 2.75) is 44.8 Å². The molecule has 1 saturated heterocycles. The van der Waals surface area contributed by atoms with Gasteiger partial charge in [-0.1, -0.05) is 30.3 Å². The molecule has 0 bridgehead atoms. The van der Waals surface area contributed by atoms with Crippen LogP contribution < -0.4 is 5.32 Å². The second kappa shape index (κ2) is 8.89. The first-order valence-electron chi connectivity index (χ1n) is 10.7. The van der Waals surface area contributed by atoms with Gasteiger partial charge in [-0.25, -0.2) is 9.97 Å². The Bertz CT molecular complexity index is 1070. The molecule has 3 N–H and O–H groups in total. The molecule has 0 spiro atoms. The fourth-order valence-electron chi connectivity index (χ4n) is 4.07. The van der Waals surface area contributed by atoms with Crippen LogP contribution in [0.25, 0.3) is 17.1 Å². The van der Waals surface area contributed by atoms with Gasteiger partial charge in [0.05, 0.1) is 11.0 Å². The number of piperidine rings is 1. The molecule has 1 aromatic carbocycles. The van der Waals surface area contributed by atoms with Crippen molar-refractivity contribution >= 4 is 28.8 Å². The maximum absolute atomic E-state index is 12.7. The van der Waals surface area contributed by atoms with Gasteiger partial charge in [0.1, 0.15) is 17.8 Å². The van der Waals surface area contributed by atoms with Crippen molar-refractivity contribution in [2.24, 2.45) is 0 Å². The molecule has 4 rings (SSSR count). The molecule has 0 saturated carbocycles. The summed E-state index contributed by atoms with van der Waals surface area (Å²) in [5.41, 5.74) is 1.89. The Morgan fingerprint density at radius 1 is 1.32 bits per heavy atom. The van der Waals surface area contributed by atoms with E-state index in [9.17, 15) is 9.90 Å². The molecule has 3 aromatic rings. The molecule has 1 fully saturated rings. The molecule has 1 aliphatic heterocycles. The Hall–Kier alpha value is -3.19. The van der Waals surface area contributed by atoms with Crippen LogP contribution in [0.15, 0.2) is 48.9 Å². The third kappa shape index (κ3) is 5.30. The quantitative estimate of drug-likeness (QED) is 0.533. The minimum Gasteiger partial charge on any atom is -0.390 e. The van der Waals surface area contributed by atoms with E-state index in [-0.39, 0.29) is 11.9 Å². The van der Waals surface area contributed by atoms with Gasteiger partial charge in [-0.3, -0.25) is 4.79 Å². The summed E-state index contributed by atoms with van der Waals surface area (Å²) in [6.07, 6.45) is 9.30. The van der Waals surface area contributed by atoms with Gasteiger partial charge in [0.15, 0.2) is 0 Å². The molecule has 162 valence electrons.